The first-order chi connectivity index (χ1) is 13.2. The highest BCUT2D eigenvalue weighted by Gasteiger charge is 2.38. The highest BCUT2D eigenvalue weighted by molar-refractivity contribution is 6.20. The molecule has 0 saturated heterocycles. The van der Waals surface area contributed by atoms with E-state index < -0.39 is 30.2 Å². The number of hydrogen-bond donors (Lipinski definition) is 1. The Morgan fingerprint density at radius 1 is 0.929 bits per heavy atom. The highest BCUT2D eigenvalue weighted by Crippen LogP contribution is 2.23. The third kappa shape index (κ3) is 3.78. The van der Waals surface area contributed by atoms with E-state index in [1.54, 1.807) is 24.3 Å². The number of hydroxylamine groups is 2. The van der Waals surface area contributed by atoms with Gasteiger partial charge in [-0.1, -0.05) is 50.1 Å². The number of fused-ring (bicyclic) bond motifs is 1. The third-order valence-electron chi connectivity index (χ3n) is 4.36. The fourth-order valence-electron chi connectivity index (χ4n) is 2.76. The monoisotopic (exact) mass is 380 g/mol. The second-order valence-corrected chi connectivity index (χ2v) is 7.42. The second-order valence-electron chi connectivity index (χ2n) is 7.42. The summed E-state index contributed by atoms with van der Waals surface area (Å²) in [7, 11) is 0. The molecule has 0 aromatic heterocycles. The molecule has 0 unspecified atom stereocenters. The quantitative estimate of drug-likeness (QED) is 0.823. The number of hydrogen-bond acceptors (Lipinski definition) is 5. The Balaban J connectivity index is 1.57. The maximum Gasteiger partial charge on any atom is 0.352 e. The van der Waals surface area contributed by atoms with E-state index in [2.05, 4.69) is 26.1 Å². The van der Waals surface area contributed by atoms with Gasteiger partial charge in [0.05, 0.1) is 11.1 Å². The van der Waals surface area contributed by atoms with Gasteiger partial charge in [0, 0.05) is 5.56 Å². The number of nitrogens with zero attached hydrogens (tertiary/aromatic N) is 1. The molecule has 0 bridgehead atoms. The van der Waals surface area contributed by atoms with Crippen LogP contribution < -0.4 is 5.32 Å². The van der Waals surface area contributed by atoms with Gasteiger partial charge in [-0.2, -0.15) is 0 Å². The molecular formula is C21H20N2O5. The second kappa shape index (κ2) is 7.26. The van der Waals surface area contributed by atoms with Crippen molar-refractivity contribution in [1.82, 2.24) is 10.4 Å². The van der Waals surface area contributed by atoms with Crippen LogP contribution in [0, 0.1) is 0 Å². The molecule has 0 saturated carbocycles. The summed E-state index contributed by atoms with van der Waals surface area (Å²) in [5.74, 6) is -2.80. The summed E-state index contributed by atoms with van der Waals surface area (Å²) in [6, 6.07) is 13.2. The summed E-state index contributed by atoms with van der Waals surface area (Å²) in [5, 5.41) is 2.83. The summed E-state index contributed by atoms with van der Waals surface area (Å²) in [4.78, 5) is 53.3. The van der Waals surface area contributed by atoms with E-state index in [0.29, 0.717) is 10.6 Å². The van der Waals surface area contributed by atoms with Crippen LogP contribution >= 0.6 is 0 Å². The average molecular weight is 380 g/mol. The number of benzene rings is 2. The summed E-state index contributed by atoms with van der Waals surface area (Å²) in [6.07, 6.45) is 0. The highest BCUT2D eigenvalue weighted by atomic mass is 16.7. The fourth-order valence-corrected chi connectivity index (χ4v) is 2.76. The lowest BCUT2D eigenvalue weighted by Crippen LogP contribution is -2.38. The Bertz CT molecular complexity index is 923. The van der Waals surface area contributed by atoms with Crippen molar-refractivity contribution in [2.24, 2.45) is 0 Å². The van der Waals surface area contributed by atoms with Crippen LogP contribution in [-0.2, 0) is 15.0 Å². The molecule has 3 rings (SSSR count). The van der Waals surface area contributed by atoms with Crippen molar-refractivity contribution < 1.29 is 24.0 Å². The van der Waals surface area contributed by atoms with Gasteiger partial charge in [0.2, 0.25) is 0 Å². The smallest absolute Gasteiger partial charge is 0.341 e. The Kier molecular flexibility index (Phi) is 5.00. The zero-order valence-corrected chi connectivity index (χ0v) is 15.8. The number of rotatable bonds is 4. The lowest BCUT2D eigenvalue weighted by atomic mass is 9.87. The van der Waals surface area contributed by atoms with Gasteiger partial charge in [-0.15, -0.1) is 0 Å². The van der Waals surface area contributed by atoms with E-state index in [-0.39, 0.29) is 16.5 Å². The van der Waals surface area contributed by atoms with Gasteiger partial charge in [-0.05, 0) is 35.2 Å². The standard InChI is InChI=1S/C21H20N2O5/c1-21(2,3)14-10-8-13(9-11-14)18(25)22-12-17(24)28-23-19(26)15-6-4-5-7-16(15)20(23)27/h4-11H,12H2,1-3H3,(H,22,25). The maximum atomic E-state index is 12.2. The fraction of sp³-hybridized carbons (Fsp3) is 0.238. The van der Waals surface area contributed by atoms with E-state index in [0.717, 1.165) is 5.56 Å². The van der Waals surface area contributed by atoms with Crippen molar-refractivity contribution >= 4 is 23.7 Å². The number of imide groups is 1. The minimum atomic E-state index is -0.922. The maximum absolute atomic E-state index is 12.2. The van der Waals surface area contributed by atoms with Gasteiger partial charge in [0.15, 0.2) is 0 Å². The zero-order valence-electron chi connectivity index (χ0n) is 15.8. The normalized spacial score (nSPS) is 13.3. The van der Waals surface area contributed by atoms with Gasteiger partial charge in [-0.3, -0.25) is 14.4 Å². The predicted octanol–water partition coefficient (Wildman–Crippen LogP) is 2.47. The minimum Gasteiger partial charge on any atom is -0.341 e. The first kappa shape index (κ1) is 19.3. The van der Waals surface area contributed by atoms with Crippen molar-refractivity contribution in [2.75, 3.05) is 6.54 Å². The van der Waals surface area contributed by atoms with Crippen LogP contribution in [0.3, 0.4) is 0 Å². The molecule has 0 radical (unpaired) electrons. The predicted molar refractivity (Wildman–Crippen MR) is 101 cm³/mol. The molecule has 0 aliphatic carbocycles. The first-order valence-electron chi connectivity index (χ1n) is 8.76. The lowest BCUT2D eigenvalue weighted by Gasteiger charge is -2.19. The van der Waals surface area contributed by atoms with Crippen molar-refractivity contribution in [1.29, 1.82) is 0 Å². The number of nitrogens with one attached hydrogen (secondary N) is 1. The molecule has 1 N–H and O–H groups in total. The van der Waals surface area contributed by atoms with E-state index in [1.165, 1.54) is 12.1 Å². The first-order valence-corrected chi connectivity index (χ1v) is 8.76. The summed E-state index contributed by atoms with van der Waals surface area (Å²) in [5.41, 5.74) is 1.77. The number of amides is 3. The molecule has 0 spiro atoms. The van der Waals surface area contributed by atoms with Crippen LogP contribution in [0.15, 0.2) is 48.5 Å². The molecule has 1 aliphatic rings. The number of carbonyl (C=O) groups excluding carboxylic acids is 4. The summed E-state index contributed by atoms with van der Waals surface area (Å²) >= 11 is 0. The van der Waals surface area contributed by atoms with Gasteiger partial charge in [0.1, 0.15) is 6.54 Å². The van der Waals surface area contributed by atoms with Crippen molar-refractivity contribution in [2.45, 2.75) is 26.2 Å². The zero-order chi connectivity index (χ0) is 20.5. The van der Waals surface area contributed by atoms with Crippen LogP contribution in [0.2, 0.25) is 0 Å². The molecule has 7 heteroatoms. The summed E-state index contributed by atoms with van der Waals surface area (Å²) in [6.45, 7) is 5.72. The largest absolute Gasteiger partial charge is 0.352 e. The van der Waals surface area contributed by atoms with E-state index >= 15 is 0 Å². The molecule has 144 valence electrons. The van der Waals surface area contributed by atoms with E-state index in [4.69, 9.17) is 4.84 Å². The number of carbonyl (C=O) groups is 4. The molecular weight excluding hydrogens is 360 g/mol. The Labute approximate surface area is 162 Å². The SMILES string of the molecule is CC(C)(C)c1ccc(C(=O)NCC(=O)ON2C(=O)c3ccccc3C2=O)cc1. The molecule has 3 amide bonds. The topological polar surface area (TPSA) is 92.8 Å². The molecule has 2 aromatic rings. The van der Waals surface area contributed by atoms with Crippen LogP contribution in [0.4, 0.5) is 0 Å². The Hall–Kier alpha value is -3.48. The lowest BCUT2D eigenvalue weighted by molar-refractivity contribution is -0.167. The van der Waals surface area contributed by atoms with Crippen LogP contribution in [0.5, 0.6) is 0 Å². The van der Waals surface area contributed by atoms with Gasteiger partial charge < -0.3 is 10.2 Å². The van der Waals surface area contributed by atoms with Gasteiger partial charge in [0.25, 0.3) is 17.7 Å². The molecule has 1 heterocycles. The van der Waals surface area contributed by atoms with E-state index in [1.807, 2.05) is 12.1 Å². The van der Waals surface area contributed by atoms with Crippen LogP contribution in [0.1, 0.15) is 57.4 Å². The van der Waals surface area contributed by atoms with Gasteiger partial charge in [-0.25, -0.2) is 4.79 Å². The molecule has 0 fully saturated rings. The van der Waals surface area contributed by atoms with E-state index in [9.17, 15) is 19.2 Å². The summed E-state index contributed by atoms with van der Waals surface area (Å²) < 4.78 is 0. The Morgan fingerprint density at radius 3 is 1.96 bits per heavy atom. The van der Waals surface area contributed by atoms with Crippen LogP contribution in [0.25, 0.3) is 0 Å². The van der Waals surface area contributed by atoms with Gasteiger partial charge >= 0.3 is 5.97 Å². The molecule has 1 aliphatic heterocycles. The van der Waals surface area contributed by atoms with Crippen LogP contribution in [-0.4, -0.2) is 35.3 Å². The Morgan fingerprint density at radius 2 is 1.46 bits per heavy atom. The van der Waals surface area contributed by atoms with Crippen molar-refractivity contribution in [3.63, 3.8) is 0 Å². The van der Waals surface area contributed by atoms with Crippen molar-refractivity contribution in [3.8, 4) is 0 Å². The average Bonchev–Trinajstić information content (AvgIpc) is 2.91. The molecule has 7 nitrogen and oxygen atoms in total. The molecule has 2 aromatic carbocycles. The molecule has 0 atom stereocenters. The molecule has 28 heavy (non-hydrogen) atoms. The minimum absolute atomic E-state index is 0.0365. The van der Waals surface area contributed by atoms with Crippen molar-refractivity contribution in [3.05, 3.63) is 70.8 Å². The third-order valence-corrected chi connectivity index (χ3v) is 4.36.